The standard InChI is InChI=1S/C20H19N3O2/c1-13-10-16-4-2-3-5-18(16)23(13)12-14-6-8-15(9-7-14)17-11-19(20(21)24)25-22-17/h2-9,11,13H,10,12H2,1H3,(H2,21,24). The first kappa shape index (κ1) is 15.4. The molecule has 1 amide bonds. The van der Waals surface area contributed by atoms with Crippen molar-refractivity contribution < 1.29 is 9.32 Å². The third-order valence-electron chi connectivity index (χ3n) is 4.70. The molecule has 1 aromatic heterocycles. The van der Waals surface area contributed by atoms with E-state index in [1.807, 2.05) is 12.1 Å². The number of fused-ring (bicyclic) bond motifs is 1. The number of aromatic nitrogens is 1. The molecule has 5 nitrogen and oxygen atoms in total. The van der Waals surface area contributed by atoms with Crippen LogP contribution in [0.25, 0.3) is 11.3 Å². The Morgan fingerprint density at radius 3 is 2.72 bits per heavy atom. The van der Waals surface area contributed by atoms with Crippen LogP contribution in [0.4, 0.5) is 5.69 Å². The topological polar surface area (TPSA) is 72.4 Å². The summed E-state index contributed by atoms with van der Waals surface area (Å²) in [4.78, 5) is 13.5. The summed E-state index contributed by atoms with van der Waals surface area (Å²) in [7, 11) is 0. The second-order valence-electron chi connectivity index (χ2n) is 6.45. The lowest BCUT2D eigenvalue weighted by atomic mass is 10.1. The van der Waals surface area contributed by atoms with Gasteiger partial charge in [-0.3, -0.25) is 4.79 Å². The van der Waals surface area contributed by atoms with Crippen molar-refractivity contribution in [3.63, 3.8) is 0 Å². The molecule has 0 spiro atoms. The molecule has 0 radical (unpaired) electrons. The van der Waals surface area contributed by atoms with E-state index in [-0.39, 0.29) is 5.76 Å². The van der Waals surface area contributed by atoms with Crippen molar-refractivity contribution in [2.45, 2.75) is 25.9 Å². The van der Waals surface area contributed by atoms with E-state index in [0.717, 1.165) is 18.5 Å². The van der Waals surface area contributed by atoms with E-state index < -0.39 is 5.91 Å². The van der Waals surface area contributed by atoms with Gasteiger partial charge < -0.3 is 15.2 Å². The first-order valence-electron chi connectivity index (χ1n) is 8.32. The van der Waals surface area contributed by atoms with Crippen molar-refractivity contribution in [1.82, 2.24) is 5.16 Å². The van der Waals surface area contributed by atoms with Crippen LogP contribution in [0.15, 0.2) is 59.1 Å². The van der Waals surface area contributed by atoms with Crippen molar-refractivity contribution in [2.24, 2.45) is 5.73 Å². The Morgan fingerprint density at radius 2 is 2.00 bits per heavy atom. The van der Waals surface area contributed by atoms with Gasteiger partial charge >= 0.3 is 0 Å². The molecule has 25 heavy (non-hydrogen) atoms. The zero-order chi connectivity index (χ0) is 17.4. The minimum Gasteiger partial charge on any atom is -0.364 e. The molecule has 1 unspecified atom stereocenters. The summed E-state index contributed by atoms with van der Waals surface area (Å²) in [6, 6.07) is 18.8. The average Bonchev–Trinajstić information content (AvgIpc) is 3.22. The summed E-state index contributed by atoms with van der Waals surface area (Å²) in [6.07, 6.45) is 1.09. The third kappa shape index (κ3) is 2.89. The van der Waals surface area contributed by atoms with E-state index in [1.165, 1.54) is 16.8 Å². The molecule has 5 heteroatoms. The van der Waals surface area contributed by atoms with Crippen molar-refractivity contribution in [3.8, 4) is 11.3 Å². The lowest BCUT2D eigenvalue weighted by Crippen LogP contribution is -2.28. The third-order valence-corrected chi connectivity index (χ3v) is 4.70. The molecule has 126 valence electrons. The molecule has 2 heterocycles. The summed E-state index contributed by atoms with van der Waals surface area (Å²) in [6.45, 7) is 3.12. The van der Waals surface area contributed by atoms with Crippen molar-refractivity contribution in [3.05, 3.63) is 71.5 Å². The van der Waals surface area contributed by atoms with E-state index in [9.17, 15) is 4.79 Å². The highest BCUT2D eigenvalue weighted by atomic mass is 16.5. The van der Waals surface area contributed by atoms with Crippen molar-refractivity contribution in [2.75, 3.05) is 4.90 Å². The number of para-hydroxylation sites is 1. The number of carbonyl (C=O) groups excluding carboxylic acids is 1. The minimum absolute atomic E-state index is 0.0709. The molecule has 0 saturated heterocycles. The summed E-state index contributed by atoms with van der Waals surface area (Å²) in [5.74, 6) is -0.543. The number of hydrogen-bond acceptors (Lipinski definition) is 4. The maximum Gasteiger partial charge on any atom is 0.287 e. The van der Waals surface area contributed by atoms with E-state index >= 15 is 0 Å². The Balaban J connectivity index is 1.54. The van der Waals surface area contributed by atoms with Gasteiger partial charge in [-0.25, -0.2) is 0 Å². The summed E-state index contributed by atoms with van der Waals surface area (Å²) < 4.78 is 4.94. The first-order valence-corrected chi connectivity index (χ1v) is 8.32. The molecule has 3 aromatic rings. The summed E-state index contributed by atoms with van der Waals surface area (Å²) >= 11 is 0. The molecule has 1 aliphatic heterocycles. The van der Waals surface area contributed by atoms with Crippen LogP contribution < -0.4 is 10.6 Å². The zero-order valence-electron chi connectivity index (χ0n) is 14.0. The number of nitrogens with two attached hydrogens (primary N) is 1. The van der Waals surface area contributed by atoms with Crippen molar-refractivity contribution >= 4 is 11.6 Å². The first-order chi connectivity index (χ1) is 12.1. The van der Waals surface area contributed by atoms with E-state index in [4.69, 9.17) is 10.3 Å². The van der Waals surface area contributed by atoms with Gasteiger partial charge in [0.15, 0.2) is 0 Å². The van der Waals surface area contributed by atoms with Crippen LogP contribution >= 0.6 is 0 Å². The predicted molar refractivity (Wildman–Crippen MR) is 96.2 cm³/mol. The molecule has 2 N–H and O–H groups in total. The van der Waals surface area contributed by atoms with Gasteiger partial charge in [-0.1, -0.05) is 47.6 Å². The van der Waals surface area contributed by atoms with E-state index in [2.05, 4.69) is 53.4 Å². The predicted octanol–water partition coefficient (Wildman–Crippen LogP) is 3.39. The molecule has 0 fully saturated rings. The van der Waals surface area contributed by atoms with Gasteiger partial charge in [-0.05, 0) is 30.5 Å². The molecule has 4 rings (SSSR count). The smallest absolute Gasteiger partial charge is 0.287 e. The highest BCUT2D eigenvalue weighted by Crippen LogP contribution is 2.33. The normalized spacial score (nSPS) is 16.0. The Hall–Kier alpha value is -3.08. The molecule has 1 atom stereocenters. The number of amides is 1. The minimum atomic E-state index is -0.614. The second kappa shape index (κ2) is 6.09. The van der Waals surface area contributed by atoms with Gasteiger partial charge in [-0.15, -0.1) is 0 Å². The Morgan fingerprint density at radius 1 is 1.24 bits per heavy atom. The van der Waals surface area contributed by atoms with Crippen LogP contribution in [0.2, 0.25) is 0 Å². The van der Waals surface area contributed by atoms with Crippen LogP contribution in [0.3, 0.4) is 0 Å². The van der Waals surface area contributed by atoms with Gasteiger partial charge in [0, 0.05) is 29.9 Å². The highest BCUT2D eigenvalue weighted by molar-refractivity contribution is 5.90. The number of hydrogen-bond donors (Lipinski definition) is 1. The fourth-order valence-corrected chi connectivity index (χ4v) is 3.38. The van der Waals surface area contributed by atoms with E-state index in [0.29, 0.717) is 11.7 Å². The van der Waals surface area contributed by atoms with Crippen LogP contribution in [0, 0.1) is 0 Å². The van der Waals surface area contributed by atoms with Crippen molar-refractivity contribution in [1.29, 1.82) is 0 Å². The van der Waals surface area contributed by atoms with E-state index in [1.54, 1.807) is 6.07 Å². The molecular formula is C20H19N3O2. The number of carbonyl (C=O) groups is 1. The lowest BCUT2D eigenvalue weighted by molar-refractivity contribution is 0.0965. The van der Waals surface area contributed by atoms with Gasteiger partial charge in [-0.2, -0.15) is 0 Å². The molecule has 0 bridgehead atoms. The molecule has 0 saturated carbocycles. The monoisotopic (exact) mass is 333 g/mol. The number of benzene rings is 2. The van der Waals surface area contributed by atoms with Gasteiger partial charge in [0.05, 0.1) is 0 Å². The Kier molecular flexibility index (Phi) is 3.76. The maximum atomic E-state index is 11.1. The number of nitrogens with zero attached hydrogens (tertiary/aromatic N) is 2. The largest absolute Gasteiger partial charge is 0.364 e. The van der Waals surface area contributed by atoms with Gasteiger partial charge in [0.1, 0.15) is 5.69 Å². The Labute approximate surface area is 146 Å². The lowest BCUT2D eigenvalue weighted by Gasteiger charge is -2.25. The molecule has 2 aromatic carbocycles. The number of rotatable bonds is 4. The second-order valence-corrected chi connectivity index (χ2v) is 6.45. The van der Waals surface area contributed by atoms with Crippen LogP contribution in [-0.2, 0) is 13.0 Å². The van der Waals surface area contributed by atoms with Crippen LogP contribution in [-0.4, -0.2) is 17.1 Å². The Bertz CT molecular complexity index is 915. The summed E-state index contributed by atoms with van der Waals surface area (Å²) in [5, 5.41) is 3.90. The number of primary amides is 1. The van der Waals surface area contributed by atoms with Crippen LogP contribution in [0.5, 0.6) is 0 Å². The zero-order valence-corrected chi connectivity index (χ0v) is 14.0. The molecular weight excluding hydrogens is 314 g/mol. The summed E-state index contributed by atoms with van der Waals surface area (Å²) in [5.41, 5.74) is 10.7. The van der Waals surface area contributed by atoms with Gasteiger partial charge in [0.25, 0.3) is 5.91 Å². The maximum absolute atomic E-state index is 11.1. The number of anilines is 1. The molecule has 0 aliphatic carbocycles. The fraction of sp³-hybridized carbons (Fsp3) is 0.200. The SMILES string of the molecule is CC1Cc2ccccc2N1Cc1ccc(-c2cc(C(N)=O)on2)cc1. The highest BCUT2D eigenvalue weighted by Gasteiger charge is 2.25. The average molecular weight is 333 g/mol. The van der Waals surface area contributed by atoms with Gasteiger partial charge in [0.2, 0.25) is 5.76 Å². The van der Waals surface area contributed by atoms with Crippen LogP contribution in [0.1, 0.15) is 28.6 Å². The molecule has 1 aliphatic rings. The quantitative estimate of drug-likeness (QED) is 0.794. The fourth-order valence-electron chi connectivity index (χ4n) is 3.38.